The fourth-order valence-corrected chi connectivity index (χ4v) is 2.15. The molecule has 1 saturated carbocycles. The molecule has 2 rings (SSSR count). The van der Waals surface area contributed by atoms with Gasteiger partial charge >= 0.3 is 5.97 Å². The lowest BCUT2D eigenvalue weighted by Gasteiger charge is -2.12. The van der Waals surface area contributed by atoms with E-state index in [1.54, 1.807) is 6.07 Å². The molecular weight excluding hydrogens is 268 g/mol. The molecule has 1 aromatic rings. The van der Waals surface area contributed by atoms with E-state index in [1.807, 2.05) is 6.26 Å². The van der Waals surface area contributed by atoms with Gasteiger partial charge in [-0.05, 0) is 31.3 Å². The van der Waals surface area contributed by atoms with Crippen molar-refractivity contribution in [1.29, 1.82) is 0 Å². The van der Waals surface area contributed by atoms with E-state index >= 15 is 0 Å². The van der Waals surface area contributed by atoms with Crippen molar-refractivity contribution in [2.75, 3.05) is 12.0 Å². The second-order valence-corrected chi connectivity index (χ2v) is 5.52. The highest BCUT2D eigenvalue weighted by atomic mass is 32.2. The Morgan fingerprint density at radius 1 is 1.63 bits per heavy atom. The monoisotopic (exact) mass is 284 g/mol. The van der Waals surface area contributed by atoms with Crippen LogP contribution in [0, 0.1) is 0 Å². The molecule has 0 bridgehead atoms. The van der Waals surface area contributed by atoms with Crippen molar-refractivity contribution in [1.82, 2.24) is 10.5 Å². The Morgan fingerprint density at radius 2 is 2.37 bits per heavy atom. The van der Waals surface area contributed by atoms with Crippen molar-refractivity contribution in [3.05, 3.63) is 17.5 Å². The van der Waals surface area contributed by atoms with E-state index in [0.29, 0.717) is 23.9 Å². The van der Waals surface area contributed by atoms with Crippen molar-refractivity contribution in [3.63, 3.8) is 0 Å². The minimum atomic E-state index is -1.03. The first kappa shape index (κ1) is 13.9. The highest BCUT2D eigenvalue weighted by Crippen LogP contribution is 2.40. The van der Waals surface area contributed by atoms with Crippen LogP contribution in [0.25, 0.3) is 0 Å². The number of carboxylic acids is 1. The summed E-state index contributed by atoms with van der Waals surface area (Å²) in [6.45, 7) is 0. The van der Waals surface area contributed by atoms with E-state index in [1.165, 1.54) is 11.8 Å². The van der Waals surface area contributed by atoms with E-state index in [-0.39, 0.29) is 5.69 Å². The number of hydrogen-bond donors (Lipinski definition) is 2. The number of carbonyl (C=O) groups is 2. The number of aromatic nitrogens is 1. The Labute approximate surface area is 114 Å². The van der Waals surface area contributed by atoms with Gasteiger partial charge in [0.05, 0.1) is 0 Å². The average Bonchev–Trinajstić information content (AvgIpc) is 3.11. The van der Waals surface area contributed by atoms with E-state index in [9.17, 15) is 9.59 Å². The highest BCUT2D eigenvalue weighted by molar-refractivity contribution is 7.98. The van der Waals surface area contributed by atoms with Crippen LogP contribution in [0.5, 0.6) is 0 Å². The van der Waals surface area contributed by atoms with Gasteiger partial charge in [0.15, 0.2) is 5.69 Å². The summed E-state index contributed by atoms with van der Waals surface area (Å²) in [5.74, 6) is 0.225. The van der Waals surface area contributed by atoms with Crippen molar-refractivity contribution >= 4 is 23.6 Å². The predicted molar refractivity (Wildman–Crippen MR) is 70.4 cm³/mol. The predicted octanol–water partition coefficient (Wildman–Crippen LogP) is 1.49. The molecule has 6 nitrogen and oxygen atoms in total. The Hall–Kier alpha value is -1.50. The lowest BCUT2D eigenvalue weighted by Crippen LogP contribution is -2.41. The van der Waals surface area contributed by atoms with Crippen LogP contribution in [-0.4, -0.2) is 40.2 Å². The van der Waals surface area contributed by atoms with Crippen molar-refractivity contribution in [2.45, 2.75) is 31.2 Å². The van der Waals surface area contributed by atoms with Gasteiger partial charge in [0.1, 0.15) is 11.8 Å². The second kappa shape index (κ2) is 6.10. The van der Waals surface area contributed by atoms with Gasteiger partial charge in [-0.1, -0.05) is 5.16 Å². The maximum atomic E-state index is 11.9. The molecule has 1 heterocycles. The summed E-state index contributed by atoms with van der Waals surface area (Å²) in [7, 11) is 0. The SMILES string of the molecule is CSCC[C@@H](NC(=O)c1cc(C2CC2)on1)C(=O)O. The van der Waals surface area contributed by atoms with Crippen LogP contribution in [0.15, 0.2) is 10.6 Å². The largest absolute Gasteiger partial charge is 0.480 e. The van der Waals surface area contributed by atoms with Gasteiger partial charge in [-0.2, -0.15) is 11.8 Å². The third-order valence-electron chi connectivity index (χ3n) is 2.95. The molecule has 104 valence electrons. The first-order valence-electron chi connectivity index (χ1n) is 6.11. The molecule has 1 aromatic heterocycles. The molecule has 0 radical (unpaired) electrons. The second-order valence-electron chi connectivity index (χ2n) is 4.53. The third-order valence-corrected chi connectivity index (χ3v) is 3.60. The molecule has 0 unspecified atom stereocenters. The standard InChI is InChI=1S/C12H16N2O4S/c1-19-5-4-8(12(16)17)13-11(15)9-6-10(18-14-9)7-2-3-7/h6-8H,2-5H2,1H3,(H,13,15)(H,16,17)/t8-/m1/s1. The number of carbonyl (C=O) groups excluding carboxylic acids is 1. The zero-order valence-electron chi connectivity index (χ0n) is 10.6. The fourth-order valence-electron chi connectivity index (χ4n) is 1.68. The number of nitrogens with zero attached hydrogens (tertiary/aromatic N) is 1. The summed E-state index contributed by atoms with van der Waals surface area (Å²) < 4.78 is 5.07. The topological polar surface area (TPSA) is 92.4 Å². The Bertz CT molecular complexity index is 470. The number of rotatable bonds is 7. The van der Waals surface area contributed by atoms with Crippen LogP contribution in [0.2, 0.25) is 0 Å². The summed E-state index contributed by atoms with van der Waals surface area (Å²) in [4.78, 5) is 22.9. The molecule has 1 aliphatic carbocycles. The summed E-state index contributed by atoms with van der Waals surface area (Å²) in [5, 5.41) is 15.2. The molecule has 7 heteroatoms. The van der Waals surface area contributed by atoms with Gasteiger partial charge in [-0.25, -0.2) is 4.79 Å². The maximum absolute atomic E-state index is 11.9. The van der Waals surface area contributed by atoms with Crippen LogP contribution in [0.4, 0.5) is 0 Å². The van der Waals surface area contributed by atoms with Crippen molar-refractivity contribution in [2.24, 2.45) is 0 Å². The van der Waals surface area contributed by atoms with Crippen molar-refractivity contribution in [3.8, 4) is 0 Å². The van der Waals surface area contributed by atoms with Gasteiger partial charge in [-0.3, -0.25) is 4.79 Å². The minimum absolute atomic E-state index is 0.150. The molecule has 0 aliphatic heterocycles. The van der Waals surface area contributed by atoms with Crippen LogP contribution >= 0.6 is 11.8 Å². The van der Waals surface area contributed by atoms with Crippen LogP contribution < -0.4 is 5.32 Å². The lowest BCUT2D eigenvalue weighted by atomic mass is 10.2. The minimum Gasteiger partial charge on any atom is -0.480 e. The number of nitrogens with one attached hydrogen (secondary N) is 1. The van der Waals surface area contributed by atoms with E-state index in [0.717, 1.165) is 12.8 Å². The van der Waals surface area contributed by atoms with E-state index in [4.69, 9.17) is 9.63 Å². The summed E-state index contributed by atoms with van der Waals surface area (Å²) in [6, 6.07) is 0.710. The average molecular weight is 284 g/mol. The third kappa shape index (κ3) is 3.73. The molecule has 19 heavy (non-hydrogen) atoms. The molecule has 0 aromatic carbocycles. The normalized spacial score (nSPS) is 16.1. The molecule has 1 fully saturated rings. The molecule has 0 spiro atoms. The molecule has 1 atom stereocenters. The molecule has 0 saturated heterocycles. The van der Waals surface area contributed by atoms with Crippen LogP contribution in [0.1, 0.15) is 41.4 Å². The van der Waals surface area contributed by atoms with Crippen molar-refractivity contribution < 1.29 is 19.2 Å². The number of carboxylic acid groups (broad SMARTS) is 1. The molecular formula is C12H16N2O4S. The van der Waals surface area contributed by atoms with Crippen LogP contribution in [0.3, 0.4) is 0 Å². The first-order chi connectivity index (χ1) is 9.11. The number of aliphatic carboxylic acids is 1. The quantitative estimate of drug-likeness (QED) is 0.788. The zero-order valence-corrected chi connectivity index (χ0v) is 11.4. The van der Waals surface area contributed by atoms with Gasteiger partial charge in [0.25, 0.3) is 5.91 Å². The van der Waals surface area contributed by atoms with Gasteiger partial charge < -0.3 is 14.9 Å². The van der Waals surface area contributed by atoms with Gasteiger partial charge in [-0.15, -0.1) is 0 Å². The smallest absolute Gasteiger partial charge is 0.326 e. The Kier molecular flexibility index (Phi) is 4.47. The summed E-state index contributed by atoms with van der Waals surface area (Å²) in [6.07, 6.45) is 4.39. The lowest BCUT2D eigenvalue weighted by molar-refractivity contribution is -0.139. The van der Waals surface area contributed by atoms with E-state index in [2.05, 4.69) is 10.5 Å². The first-order valence-corrected chi connectivity index (χ1v) is 7.50. The number of amides is 1. The molecule has 2 N–H and O–H groups in total. The zero-order chi connectivity index (χ0) is 13.8. The molecule has 1 amide bonds. The number of thioether (sulfide) groups is 1. The Balaban J connectivity index is 1.94. The molecule has 1 aliphatic rings. The Morgan fingerprint density at radius 3 is 2.95 bits per heavy atom. The van der Waals surface area contributed by atoms with E-state index < -0.39 is 17.9 Å². The highest BCUT2D eigenvalue weighted by Gasteiger charge is 2.29. The number of hydrogen-bond acceptors (Lipinski definition) is 5. The fraction of sp³-hybridized carbons (Fsp3) is 0.583. The summed E-state index contributed by atoms with van der Waals surface area (Å²) >= 11 is 1.54. The summed E-state index contributed by atoms with van der Waals surface area (Å²) in [5.41, 5.74) is 0.150. The van der Waals surface area contributed by atoms with Gasteiger partial charge in [0, 0.05) is 12.0 Å². The maximum Gasteiger partial charge on any atom is 0.326 e. The van der Waals surface area contributed by atoms with Gasteiger partial charge in [0.2, 0.25) is 0 Å². The van der Waals surface area contributed by atoms with Crippen LogP contribution in [-0.2, 0) is 4.79 Å².